The van der Waals surface area contributed by atoms with Crippen LogP contribution in [0, 0.1) is 5.41 Å². The highest BCUT2D eigenvalue weighted by Crippen LogP contribution is 2.22. The van der Waals surface area contributed by atoms with Crippen molar-refractivity contribution in [3.8, 4) is 0 Å². The summed E-state index contributed by atoms with van der Waals surface area (Å²) in [6, 6.07) is 0.252. The van der Waals surface area contributed by atoms with Crippen molar-refractivity contribution in [3.63, 3.8) is 0 Å². The van der Waals surface area contributed by atoms with Crippen molar-refractivity contribution in [2.24, 2.45) is 5.41 Å². The molecule has 1 saturated heterocycles. The van der Waals surface area contributed by atoms with Crippen molar-refractivity contribution in [3.05, 3.63) is 0 Å². The molecular formula is C14H26N6O. The number of rotatable bonds is 4. The molecule has 1 fully saturated rings. The van der Waals surface area contributed by atoms with Gasteiger partial charge >= 0.3 is 0 Å². The van der Waals surface area contributed by atoms with E-state index in [1.54, 1.807) is 0 Å². The van der Waals surface area contributed by atoms with Crippen molar-refractivity contribution in [2.75, 3.05) is 48.9 Å². The number of ether oxygens (including phenoxy) is 1. The van der Waals surface area contributed by atoms with Crippen LogP contribution in [0.15, 0.2) is 0 Å². The maximum atomic E-state index is 5.37. The summed E-state index contributed by atoms with van der Waals surface area (Å²) in [6.07, 6.45) is 0. The van der Waals surface area contributed by atoms with E-state index in [4.69, 9.17) is 4.74 Å². The van der Waals surface area contributed by atoms with Crippen LogP contribution in [-0.2, 0) is 4.74 Å². The minimum atomic E-state index is 0.131. The molecule has 0 aliphatic carbocycles. The molecule has 7 heteroatoms. The third-order valence-electron chi connectivity index (χ3n) is 3.79. The lowest BCUT2D eigenvalue weighted by atomic mass is 9.88. The van der Waals surface area contributed by atoms with Gasteiger partial charge in [-0.2, -0.15) is 15.0 Å². The number of nitrogens with one attached hydrogen (secondary N) is 2. The Morgan fingerprint density at radius 1 is 1.10 bits per heavy atom. The smallest absolute Gasteiger partial charge is 0.232 e. The maximum absolute atomic E-state index is 5.37. The number of anilines is 3. The molecule has 2 N–H and O–H groups in total. The average molecular weight is 294 g/mol. The predicted molar refractivity (Wildman–Crippen MR) is 84.9 cm³/mol. The number of hydrogen-bond acceptors (Lipinski definition) is 7. The third-order valence-corrected chi connectivity index (χ3v) is 3.79. The molecule has 7 nitrogen and oxygen atoms in total. The average Bonchev–Trinajstić information content (AvgIpc) is 2.46. The van der Waals surface area contributed by atoms with E-state index < -0.39 is 0 Å². The Morgan fingerprint density at radius 3 is 2.29 bits per heavy atom. The Bertz CT molecular complexity index is 467. The van der Waals surface area contributed by atoms with E-state index >= 15 is 0 Å². The van der Waals surface area contributed by atoms with Gasteiger partial charge in [0.15, 0.2) is 0 Å². The van der Waals surface area contributed by atoms with Gasteiger partial charge in [-0.3, -0.25) is 0 Å². The van der Waals surface area contributed by atoms with Crippen LogP contribution in [0.3, 0.4) is 0 Å². The van der Waals surface area contributed by atoms with Crippen molar-refractivity contribution in [2.45, 2.75) is 33.7 Å². The molecule has 1 aliphatic heterocycles. The Labute approximate surface area is 126 Å². The Kier molecular flexibility index (Phi) is 4.82. The van der Waals surface area contributed by atoms with Gasteiger partial charge in [0.2, 0.25) is 17.8 Å². The van der Waals surface area contributed by atoms with E-state index in [2.05, 4.69) is 58.2 Å². The van der Waals surface area contributed by atoms with Crippen LogP contribution >= 0.6 is 0 Å². The van der Waals surface area contributed by atoms with Gasteiger partial charge in [-0.1, -0.05) is 20.8 Å². The Balaban J connectivity index is 2.20. The minimum Gasteiger partial charge on any atom is -0.378 e. The second kappa shape index (κ2) is 6.43. The number of hydrogen-bond donors (Lipinski definition) is 2. The van der Waals surface area contributed by atoms with Crippen molar-refractivity contribution in [1.29, 1.82) is 0 Å². The van der Waals surface area contributed by atoms with Gasteiger partial charge in [-0.05, 0) is 12.3 Å². The molecule has 1 aromatic heterocycles. The molecule has 21 heavy (non-hydrogen) atoms. The van der Waals surface area contributed by atoms with E-state index in [9.17, 15) is 0 Å². The van der Waals surface area contributed by atoms with Crippen LogP contribution < -0.4 is 15.5 Å². The van der Waals surface area contributed by atoms with Gasteiger partial charge in [0, 0.05) is 26.2 Å². The van der Waals surface area contributed by atoms with Crippen LogP contribution in [-0.4, -0.2) is 54.3 Å². The first-order valence-corrected chi connectivity index (χ1v) is 7.43. The highest BCUT2D eigenvalue weighted by molar-refractivity contribution is 5.44. The molecule has 0 spiro atoms. The lowest BCUT2D eigenvalue weighted by Gasteiger charge is -2.29. The van der Waals surface area contributed by atoms with Crippen LogP contribution in [0.2, 0.25) is 0 Å². The SMILES string of the molecule is CNc1nc(NC(C)C(C)(C)C)nc(N2CCOCC2)n1. The lowest BCUT2D eigenvalue weighted by molar-refractivity contribution is 0.122. The Hall–Kier alpha value is -1.63. The van der Waals surface area contributed by atoms with E-state index in [1.807, 2.05) is 7.05 Å². The summed E-state index contributed by atoms with van der Waals surface area (Å²) in [4.78, 5) is 15.5. The van der Waals surface area contributed by atoms with Gasteiger partial charge in [0.1, 0.15) is 0 Å². The van der Waals surface area contributed by atoms with E-state index in [1.165, 1.54) is 0 Å². The highest BCUT2D eigenvalue weighted by atomic mass is 16.5. The highest BCUT2D eigenvalue weighted by Gasteiger charge is 2.22. The maximum Gasteiger partial charge on any atom is 0.232 e. The summed E-state index contributed by atoms with van der Waals surface area (Å²) in [5, 5.41) is 6.37. The van der Waals surface area contributed by atoms with Gasteiger partial charge < -0.3 is 20.3 Å². The predicted octanol–water partition coefficient (Wildman–Crippen LogP) is 1.60. The van der Waals surface area contributed by atoms with Crippen LogP contribution in [0.5, 0.6) is 0 Å². The standard InChI is InChI=1S/C14H26N6O/c1-10(14(2,3)4)16-12-17-11(15-5)18-13(19-12)20-6-8-21-9-7-20/h10H,6-9H2,1-5H3,(H2,15,16,17,18,19). The second-order valence-electron chi connectivity index (χ2n) is 6.36. The van der Waals surface area contributed by atoms with Crippen molar-refractivity contribution < 1.29 is 4.74 Å². The zero-order chi connectivity index (χ0) is 15.5. The topological polar surface area (TPSA) is 75.2 Å². The van der Waals surface area contributed by atoms with E-state index in [-0.39, 0.29) is 11.5 Å². The normalized spacial score (nSPS) is 17.5. The molecule has 0 aromatic carbocycles. The largest absolute Gasteiger partial charge is 0.378 e. The third kappa shape index (κ3) is 4.17. The first-order chi connectivity index (χ1) is 9.90. The van der Waals surface area contributed by atoms with Crippen LogP contribution in [0.25, 0.3) is 0 Å². The number of aromatic nitrogens is 3. The fourth-order valence-electron chi connectivity index (χ4n) is 1.86. The Morgan fingerprint density at radius 2 is 1.71 bits per heavy atom. The van der Waals surface area contributed by atoms with E-state index in [0.29, 0.717) is 31.1 Å². The van der Waals surface area contributed by atoms with Crippen LogP contribution in [0.1, 0.15) is 27.7 Å². The molecule has 1 atom stereocenters. The number of morpholine rings is 1. The summed E-state index contributed by atoms with van der Waals surface area (Å²) >= 11 is 0. The quantitative estimate of drug-likeness (QED) is 0.873. The first-order valence-electron chi connectivity index (χ1n) is 7.43. The minimum absolute atomic E-state index is 0.131. The molecule has 0 amide bonds. The molecule has 1 unspecified atom stereocenters. The van der Waals surface area contributed by atoms with Gasteiger partial charge in [-0.15, -0.1) is 0 Å². The molecule has 1 aromatic rings. The van der Waals surface area contributed by atoms with Gasteiger partial charge in [-0.25, -0.2) is 0 Å². The monoisotopic (exact) mass is 294 g/mol. The van der Waals surface area contributed by atoms with Crippen molar-refractivity contribution >= 4 is 17.8 Å². The number of nitrogens with zero attached hydrogens (tertiary/aromatic N) is 4. The zero-order valence-electron chi connectivity index (χ0n) is 13.6. The van der Waals surface area contributed by atoms with Gasteiger partial charge in [0.05, 0.1) is 13.2 Å². The molecule has 2 rings (SSSR count). The molecule has 2 heterocycles. The molecule has 0 radical (unpaired) electrons. The van der Waals surface area contributed by atoms with Crippen LogP contribution in [0.4, 0.5) is 17.8 Å². The summed E-state index contributed by atoms with van der Waals surface area (Å²) in [5.41, 5.74) is 0.131. The molecule has 118 valence electrons. The molecule has 0 bridgehead atoms. The fourth-order valence-corrected chi connectivity index (χ4v) is 1.86. The lowest BCUT2D eigenvalue weighted by Crippen LogP contribution is -2.38. The molecule has 0 saturated carbocycles. The molecular weight excluding hydrogens is 268 g/mol. The summed E-state index contributed by atoms with van der Waals surface area (Å²) < 4.78 is 5.37. The van der Waals surface area contributed by atoms with E-state index in [0.717, 1.165) is 13.1 Å². The summed E-state index contributed by atoms with van der Waals surface area (Å²) in [5.74, 6) is 1.88. The summed E-state index contributed by atoms with van der Waals surface area (Å²) in [7, 11) is 1.81. The summed E-state index contributed by atoms with van der Waals surface area (Å²) in [6.45, 7) is 11.7. The zero-order valence-corrected chi connectivity index (χ0v) is 13.6. The molecule has 1 aliphatic rings. The second-order valence-corrected chi connectivity index (χ2v) is 6.36. The fraction of sp³-hybridized carbons (Fsp3) is 0.786. The van der Waals surface area contributed by atoms with Crippen molar-refractivity contribution in [1.82, 2.24) is 15.0 Å². The van der Waals surface area contributed by atoms with Gasteiger partial charge in [0.25, 0.3) is 0 Å². The first kappa shape index (κ1) is 15.8.